The summed E-state index contributed by atoms with van der Waals surface area (Å²) >= 11 is 6.18. The monoisotopic (exact) mass is 372 g/mol. The SMILES string of the molecule is C=CCN(c1ccc(C#N)c(Cl)c1C)S(=O)(=O)/C=C/c1ccccc1. The van der Waals surface area contributed by atoms with Gasteiger partial charge in [-0.1, -0.05) is 48.0 Å². The second kappa shape index (κ2) is 8.02. The van der Waals surface area contributed by atoms with Crippen LogP contribution < -0.4 is 4.31 Å². The first-order valence-electron chi connectivity index (χ1n) is 7.46. The van der Waals surface area contributed by atoms with E-state index in [0.29, 0.717) is 16.8 Å². The minimum atomic E-state index is -3.75. The van der Waals surface area contributed by atoms with Gasteiger partial charge >= 0.3 is 0 Å². The van der Waals surface area contributed by atoms with E-state index in [0.717, 1.165) is 11.0 Å². The third-order valence-electron chi connectivity index (χ3n) is 3.58. The fourth-order valence-electron chi connectivity index (χ4n) is 2.29. The summed E-state index contributed by atoms with van der Waals surface area (Å²) in [4.78, 5) is 0. The highest BCUT2D eigenvalue weighted by atomic mass is 35.5. The number of halogens is 1. The Labute approximate surface area is 153 Å². The number of rotatable bonds is 6. The van der Waals surface area contributed by atoms with Gasteiger partial charge in [0, 0.05) is 0 Å². The summed E-state index contributed by atoms with van der Waals surface area (Å²) in [5, 5.41) is 10.4. The Bertz CT molecular complexity index is 945. The fourth-order valence-corrected chi connectivity index (χ4v) is 3.75. The zero-order chi connectivity index (χ0) is 18.4. The van der Waals surface area contributed by atoms with Gasteiger partial charge in [-0.25, -0.2) is 8.42 Å². The van der Waals surface area contributed by atoms with Crippen molar-refractivity contribution in [2.75, 3.05) is 10.8 Å². The maximum absolute atomic E-state index is 12.8. The maximum atomic E-state index is 12.8. The smallest absolute Gasteiger partial charge is 0.257 e. The first-order valence-corrected chi connectivity index (χ1v) is 9.35. The molecule has 0 fully saturated rings. The van der Waals surface area contributed by atoms with E-state index in [9.17, 15) is 8.42 Å². The molecule has 0 spiro atoms. The molecule has 2 aromatic carbocycles. The molecule has 0 saturated heterocycles. The van der Waals surface area contributed by atoms with E-state index in [2.05, 4.69) is 6.58 Å². The highest BCUT2D eigenvalue weighted by Crippen LogP contribution is 2.31. The van der Waals surface area contributed by atoms with Crippen molar-refractivity contribution in [1.29, 1.82) is 5.26 Å². The summed E-state index contributed by atoms with van der Waals surface area (Å²) in [6, 6.07) is 14.2. The second-order valence-electron chi connectivity index (χ2n) is 5.26. The van der Waals surface area contributed by atoms with Crippen LogP contribution in [0.2, 0.25) is 5.02 Å². The van der Waals surface area contributed by atoms with Gasteiger partial charge in [-0.15, -0.1) is 6.58 Å². The van der Waals surface area contributed by atoms with E-state index in [1.54, 1.807) is 13.0 Å². The van der Waals surface area contributed by atoms with Crippen LogP contribution in [0.4, 0.5) is 5.69 Å². The van der Waals surface area contributed by atoms with E-state index in [-0.39, 0.29) is 11.6 Å². The zero-order valence-electron chi connectivity index (χ0n) is 13.7. The fraction of sp³-hybridized carbons (Fsp3) is 0.105. The molecular weight excluding hydrogens is 356 g/mol. The number of hydrogen-bond acceptors (Lipinski definition) is 3. The van der Waals surface area contributed by atoms with Gasteiger partial charge in [0.25, 0.3) is 10.0 Å². The normalized spacial score (nSPS) is 11.2. The molecule has 2 aromatic rings. The van der Waals surface area contributed by atoms with Gasteiger partial charge in [0.2, 0.25) is 0 Å². The van der Waals surface area contributed by atoms with Crippen LogP contribution in [0.5, 0.6) is 0 Å². The van der Waals surface area contributed by atoms with Crippen molar-refractivity contribution in [3.05, 3.63) is 82.2 Å². The van der Waals surface area contributed by atoms with E-state index in [1.807, 2.05) is 36.4 Å². The molecule has 4 nitrogen and oxygen atoms in total. The lowest BCUT2D eigenvalue weighted by Gasteiger charge is -2.23. The molecular formula is C19H17ClN2O2S. The van der Waals surface area contributed by atoms with E-state index in [1.165, 1.54) is 22.5 Å². The van der Waals surface area contributed by atoms with Crippen LogP contribution in [0.3, 0.4) is 0 Å². The molecule has 0 aliphatic carbocycles. The molecule has 0 aliphatic rings. The second-order valence-corrected chi connectivity index (χ2v) is 7.38. The summed E-state index contributed by atoms with van der Waals surface area (Å²) in [5.41, 5.74) is 2.03. The predicted molar refractivity (Wildman–Crippen MR) is 103 cm³/mol. The number of nitrogens with zero attached hydrogens (tertiary/aromatic N) is 2. The predicted octanol–water partition coefficient (Wildman–Crippen LogP) is 4.51. The van der Waals surface area contributed by atoms with Crippen LogP contribution in [0.1, 0.15) is 16.7 Å². The zero-order valence-corrected chi connectivity index (χ0v) is 15.3. The number of sulfonamides is 1. The summed E-state index contributed by atoms with van der Waals surface area (Å²) in [6.07, 6.45) is 3.03. The molecule has 2 rings (SSSR count). The molecule has 0 N–H and O–H groups in total. The van der Waals surface area contributed by atoms with Gasteiger partial charge in [-0.3, -0.25) is 4.31 Å². The molecule has 0 aliphatic heterocycles. The Balaban J connectivity index is 2.47. The van der Waals surface area contributed by atoms with Crippen LogP contribution in [0, 0.1) is 18.3 Å². The maximum Gasteiger partial charge on any atom is 0.257 e. The molecule has 0 atom stereocenters. The third kappa shape index (κ3) is 4.30. The third-order valence-corrected chi connectivity index (χ3v) is 5.51. The van der Waals surface area contributed by atoms with Gasteiger partial charge < -0.3 is 0 Å². The topological polar surface area (TPSA) is 61.2 Å². The Morgan fingerprint density at radius 2 is 1.92 bits per heavy atom. The van der Waals surface area contributed by atoms with Gasteiger partial charge in [0.05, 0.1) is 28.2 Å². The van der Waals surface area contributed by atoms with Crippen molar-refractivity contribution in [3.63, 3.8) is 0 Å². The van der Waals surface area contributed by atoms with Crippen molar-refractivity contribution >= 4 is 33.4 Å². The first kappa shape index (κ1) is 18.8. The van der Waals surface area contributed by atoms with Crippen molar-refractivity contribution in [1.82, 2.24) is 0 Å². The standard InChI is InChI=1S/C19H17ClN2O2S/c1-3-12-22(18-10-9-17(14-21)19(20)15(18)2)25(23,24)13-11-16-7-5-4-6-8-16/h3-11,13H,1,12H2,2H3/b13-11+. The number of benzene rings is 2. The highest BCUT2D eigenvalue weighted by Gasteiger charge is 2.22. The largest absolute Gasteiger partial charge is 0.263 e. The summed E-state index contributed by atoms with van der Waals surface area (Å²) < 4.78 is 26.8. The lowest BCUT2D eigenvalue weighted by atomic mass is 10.1. The molecule has 0 saturated carbocycles. The lowest BCUT2D eigenvalue weighted by Crippen LogP contribution is -2.30. The quantitative estimate of drug-likeness (QED) is 0.700. The minimum absolute atomic E-state index is 0.0878. The average molecular weight is 373 g/mol. The van der Waals surface area contributed by atoms with Gasteiger partial charge in [-0.05, 0) is 36.3 Å². The highest BCUT2D eigenvalue weighted by molar-refractivity contribution is 7.95. The average Bonchev–Trinajstić information content (AvgIpc) is 2.61. The Morgan fingerprint density at radius 1 is 1.24 bits per heavy atom. The minimum Gasteiger partial charge on any atom is -0.263 e. The van der Waals surface area contributed by atoms with Crippen molar-refractivity contribution in [2.24, 2.45) is 0 Å². The van der Waals surface area contributed by atoms with E-state index >= 15 is 0 Å². The number of anilines is 1. The number of hydrogen-bond donors (Lipinski definition) is 0. The molecule has 0 unspecified atom stereocenters. The molecule has 0 aromatic heterocycles. The van der Waals surface area contributed by atoms with Crippen LogP contribution in [0.15, 0.2) is 60.5 Å². The van der Waals surface area contributed by atoms with Crippen LogP contribution in [-0.4, -0.2) is 15.0 Å². The van der Waals surface area contributed by atoms with Crippen LogP contribution in [0.25, 0.3) is 6.08 Å². The van der Waals surface area contributed by atoms with Gasteiger partial charge in [-0.2, -0.15) is 5.26 Å². The number of nitriles is 1. The Morgan fingerprint density at radius 3 is 2.52 bits per heavy atom. The first-order chi connectivity index (χ1) is 11.9. The molecule has 128 valence electrons. The van der Waals surface area contributed by atoms with Crippen LogP contribution >= 0.6 is 11.6 Å². The molecule has 0 heterocycles. The van der Waals surface area contributed by atoms with Crippen molar-refractivity contribution in [3.8, 4) is 6.07 Å². The Kier molecular flexibility index (Phi) is 6.02. The van der Waals surface area contributed by atoms with Crippen LogP contribution in [-0.2, 0) is 10.0 Å². The molecule has 0 bridgehead atoms. The van der Waals surface area contributed by atoms with E-state index < -0.39 is 10.0 Å². The van der Waals surface area contributed by atoms with Gasteiger partial charge in [0.1, 0.15) is 6.07 Å². The molecule has 25 heavy (non-hydrogen) atoms. The molecule has 6 heteroatoms. The summed E-state index contributed by atoms with van der Waals surface area (Å²) in [6.45, 7) is 5.40. The molecule has 0 radical (unpaired) electrons. The van der Waals surface area contributed by atoms with E-state index in [4.69, 9.17) is 16.9 Å². The van der Waals surface area contributed by atoms with Crippen molar-refractivity contribution < 1.29 is 8.42 Å². The lowest BCUT2D eigenvalue weighted by molar-refractivity contribution is 0.601. The summed E-state index contributed by atoms with van der Waals surface area (Å²) in [5.74, 6) is 0. The van der Waals surface area contributed by atoms with Gasteiger partial charge in [0.15, 0.2) is 0 Å². The van der Waals surface area contributed by atoms with Crippen molar-refractivity contribution in [2.45, 2.75) is 6.92 Å². The summed E-state index contributed by atoms with van der Waals surface area (Å²) in [7, 11) is -3.75. The Hall–Kier alpha value is -2.55. The molecule has 0 amide bonds.